The molecule has 3 aromatic carbocycles. The van der Waals surface area contributed by atoms with Crippen molar-refractivity contribution in [1.82, 2.24) is 0 Å². The molecule has 9 heteroatoms. The summed E-state index contributed by atoms with van der Waals surface area (Å²) in [7, 11) is 5.39. The van der Waals surface area contributed by atoms with Gasteiger partial charge in [-0.25, -0.2) is 0 Å². The number of ether oxygens (including phenoxy) is 3. The number of fused-ring (bicyclic) bond motifs is 1. The molecule has 0 spiro atoms. The number of carbonyl (C=O) groups excluding carboxylic acids is 2. The summed E-state index contributed by atoms with van der Waals surface area (Å²) in [5.41, 5.74) is 2.45. The lowest BCUT2D eigenvalue weighted by Gasteiger charge is -2.26. The highest BCUT2D eigenvalue weighted by molar-refractivity contribution is 9.10. The Morgan fingerprint density at radius 1 is 1.03 bits per heavy atom. The van der Waals surface area contributed by atoms with Gasteiger partial charge < -0.3 is 24.2 Å². The summed E-state index contributed by atoms with van der Waals surface area (Å²) in [6, 6.07) is 16.7. The first-order valence-corrected chi connectivity index (χ1v) is 11.9. The minimum absolute atomic E-state index is 0.00710. The zero-order valence-electron chi connectivity index (χ0n) is 19.8. The quantitative estimate of drug-likeness (QED) is 0.275. The fraction of sp³-hybridized carbons (Fsp3) is 0.185. The molecule has 1 saturated heterocycles. The highest BCUT2D eigenvalue weighted by Crippen LogP contribution is 2.45. The van der Waals surface area contributed by atoms with Crippen LogP contribution >= 0.6 is 15.9 Å². The number of amides is 1. The second-order valence-electron chi connectivity index (χ2n) is 8.54. The van der Waals surface area contributed by atoms with Gasteiger partial charge in [0.2, 0.25) is 6.79 Å². The molecule has 1 N–H and O–H groups in total. The van der Waals surface area contributed by atoms with Crippen LogP contribution in [0.2, 0.25) is 0 Å². The highest BCUT2D eigenvalue weighted by Gasteiger charge is 2.47. The smallest absolute Gasteiger partial charge is 0.300 e. The zero-order valence-corrected chi connectivity index (χ0v) is 21.4. The van der Waals surface area contributed by atoms with Crippen LogP contribution in [0.1, 0.15) is 17.2 Å². The van der Waals surface area contributed by atoms with Crippen LogP contribution < -0.4 is 24.0 Å². The van der Waals surface area contributed by atoms with Gasteiger partial charge in [0.15, 0.2) is 11.5 Å². The van der Waals surface area contributed by atoms with Gasteiger partial charge in [0.05, 0.1) is 23.2 Å². The molecule has 0 bridgehead atoms. The predicted molar refractivity (Wildman–Crippen MR) is 139 cm³/mol. The fourth-order valence-electron chi connectivity index (χ4n) is 4.37. The Kier molecular flexibility index (Phi) is 6.09. The van der Waals surface area contributed by atoms with Gasteiger partial charge in [0.1, 0.15) is 11.5 Å². The lowest BCUT2D eigenvalue weighted by molar-refractivity contribution is -0.132. The SMILES string of the molecule is COc1ccc(/C(O)=C2\C(=O)C(=O)N(c3ccc4c(c3)OCO4)C2c2ccc(N(C)C)cc2)cc1Br. The van der Waals surface area contributed by atoms with E-state index >= 15 is 0 Å². The van der Waals surface area contributed by atoms with E-state index in [1.807, 2.05) is 43.3 Å². The van der Waals surface area contributed by atoms with Gasteiger partial charge in [-0.3, -0.25) is 14.5 Å². The molecule has 1 atom stereocenters. The van der Waals surface area contributed by atoms with E-state index in [0.29, 0.717) is 38.5 Å². The number of aliphatic hydroxyl groups excluding tert-OH is 1. The molecule has 2 aliphatic rings. The van der Waals surface area contributed by atoms with E-state index in [1.54, 1.807) is 36.4 Å². The van der Waals surface area contributed by atoms with Crippen molar-refractivity contribution in [3.63, 3.8) is 0 Å². The summed E-state index contributed by atoms with van der Waals surface area (Å²) in [5.74, 6) is -0.186. The summed E-state index contributed by atoms with van der Waals surface area (Å²) < 4.78 is 16.8. The largest absolute Gasteiger partial charge is 0.507 e. The summed E-state index contributed by atoms with van der Waals surface area (Å²) in [5, 5.41) is 11.4. The average molecular weight is 551 g/mol. The molecule has 5 rings (SSSR count). The third-order valence-corrected chi connectivity index (χ3v) is 6.85. The third kappa shape index (κ3) is 3.95. The number of halogens is 1. The molecule has 2 heterocycles. The van der Waals surface area contributed by atoms with Crippen LogP contribution in [0.15, 0.2) is 70.7 Å². The summed E-state index contributed by atoms with van der Waals surface area (Å²) in [6.45, 7) is 0.0827. The minimum atomic E-state index is -0.859. The monoisotopic (exact) mass is 550 g/mol. The maximum atomic E-state index is 13.4. The number of anilines is 2. The normalized spacial score (nSPS) is 18.0. The van der Waals surface area contributed by atoms with Gasteiger partial charge >= 0.3 is 0 Å². The van der Waals surface area contributed by atoms with Crippen molar-refractivity contribution in [2.45, 2.75) is 6.04 Å². The van der Waals surface area contributed by atoms with Crippen LogP contribution in [0.4, 0.5) is 11.4 Å². The van der Waals surface area contributed by atoms with Gasteiger partial charge in [-0.05, 0) is 64.0 Å². The Morgan fingerprint density at radius 2 is 1.75 bits per heavy atom. The topological polar surface area (TPSA) is 88.5 Å². The van der Waals surface area contributed by atoms with Crippen LogP contribution in [-0.4, -0.2) is 44.8 Å². The molecule has 8 nitrogen and oxygen atoms in total. The van der Waals surface area contributed by atoms with E-state index in [0.717, 1.165) is 5.69 Å². The number of hydrogen-bond donors (Lipinski definition) is 1. The Bertz CT molecular complexity index is 1400. The number of hydrogen-bond acceptors (Lipinski definition) is 7. The number of methoxy groups -OCH3 is 1. The second kappa shape index (κ2) is 9.23. The molecule has 1 fully saturated rings. The Labute approximate surface area is 216 Å². The van der Waals surface area contributed by atoms with E-state index in [9.17, 15) is 14.7 Å². The number of benzene rings is 3. The summed E-state index contributed by atoms with van der Waals surface area (Å²) in [4.78, 5) is 30.1. The molecule has 0 saturated carbocycles. The van der Waals surface area contributed by atoms with Gasteiger partial charge in [0.25, 0.3) is 11.7 Å². The van der Waals surface area contributed by atoms with Crippen molar-refractivity contribution in [2.75, 3.05) is 37.8 Å². The lowest BCUT2D eigenvalue weighted by Crippen LogP contribution is -2.29. The molecular formula is C27H23BrN2O6. The van der Waals surface area contributed by atoms with Crippen LogP contribution in [0.25, 0.3) is 5.76 Å². The van der Waals surface area contributed by atoms with Crippen molar-refractivity contribution in [2.24, 2.45) is 0 Å². The van der Waals surface area contributed by atoms with Gasteiger partial charge in [-0.1, -0.05) is 12.1 Å². The van der Waals surface area contributed by atoms with Crippen molar-refractivity contribution >= 4 is 44.8 Å². The first-order chi connectivity index (χ1) is 17.3. The van der Waals surface area contributed by atoms with E-state index in [1.165, 1.54) is 12.0 Å². The predicted octanol–water partition coefficient (Wildman–Crippen LogP) is 4.88. The van der Waals surface area contributed by atoms with Crippen molar-refractivity contribution < 1.29 is 28.9 Å². The summed E-state index contributed by atoms with van der Waals surface area (Å²) >= 11 is 3.42. The van der Waals surface area contributed by atoms with E-state index in [2.05, 4.69) is 15.9 Å². The minimum Gasteiger partial charge on any atom is -0.507 e. The molecule has 184 valence electrons. The number of carbonyl (C=O) groups is 2. The molecule has 0 aromatic heterocycles. The maximum absolute atomic E-state index is 13.4. The van der Waals surface area contributed by atoms with Crippen LogP contribution in [0.3, 0.4) is 0 Å². The molecule has 0 radical (unpaired) electrons. The van der Waals surface area contributed by atoms with Crippen molar-refractivity contribution in [1.29, 1.82) is 0 Å². The zero-order chi connectivity index (χ0) is 25.6. The molecule has 1 amide bonds. The standard InChI is InChI=1S/C27H23BrN2O6/c1-29(2)17-7-4-15(5-8-17)24-23(25(31)16-6-10-20(34-3)19(28)12-16)26(32)27(33)30(24)18-9-11-21-22(13-18)36-14-35-21/h4-13,24,31H,14H2,1-3H3/b25-23+. The van der Waals surface area contributed by atoms with Crippen LogP contribution in [0, 0.1) is 0 Å². The Balaban J connectivity index is 1.69. The number of aliphatic hydroxyl groups is 1. The molecule has 1 unspecified atom stereocenters. The van der Waals surface area contributed by atoms with Crippen LogP contribution in [-0.2, 0) is 9.59 Å². The molecule has 36 heavy (non-hydrogen) atoms. The average Bonchev–Trinajstić information content (AvgIpc) is 3.45. The second-order valence-corrected chi connectivity index (χ2v) is 9.40. The van der Waals surface area contributed by atoms with Gasteiger partial charge in [-0.15, -0.1) is 0 Å². The first-order valence-electron chi connectivity index (χ1n) is 11.1. The number of nitrogens with zero attached hydrogens (tertiary/aromatic N) is 2. The van der Waals surface area contributed by atoms with E-state index < -0.39 is 17.7 Å². The lowest BCUT2D eigenvalue weighted by atomic mass is 9.95. The molecular weight excluding hydrogens is 528 g/mol. The first kappa shape index (κ1) is 23.7. The summed E-state index contributed by atoms with van der Waals surface area (Å²) in [6.07, 6.45) is 0. The van der Waals surface area contributed by atoms with Gasteiger partial charge in [0, 0.05) is 37.1 Å². The van der Waals surface area contributed by atoms with E-state index in [-0.39, 0.29) is 18.1 Å². The Morgan fingerprint density at radius 3 is 2.42 bits per heavy atom. The number of Topliss-reactive ketones (excluding diaryl/α,β-unsaturated/α-hetero) is 1. The Hall–Kier alpha value is -3.98. The van der Waals surface area contributed by atoms with Crippen molar-refractivity contribution in [3.05, 3.63) is 81.8 Å². The number of rotatable bonds is 5. The number of ketones is 1. The highest BCUT2D eigenvalue weighted by atomic mass is 79.9. The van der Waals surface area contributed by atoms with Gasteiger partial charge in [-0.2, -0.15) is 0 Å². The molecule has 3 aromatic rings. The third-order valence-electron chi connectivity index (χ3n) is 6.23. The van der Waals surface area contributed by atoms with E-state index in [4.69, 9.17) is 14.2 Å². The van der Waals surface area contributed by atoms with Crippen molar-refractivity contribution in [3.8, 4) is 17.2 Å². The fourth-order valence-corrected chi connectivity index (χ4v) is 4.91. The molecule has 2 aliphatic heterocycles. The maximum Gasteiger partial charge on any atom is 0.300 e. The van der Waals surface area contributed by atoms with Crippen LogP contribution in [0.5, 0.6) is 17.2 Å². The molecule has 0 aliphatic carbocycles.